The van der Waals surface area contributed by atoms with Gasteiger partial charge in [-0.05, 0) is 52.7 Å². The van der Waals surface area contributed by atoms with E-state index in [9.17, 15) is 9.59 Å². The van der Waals surface area contributed by atoms with E-state index in [-0.39, 0.29) is 5.91 Å². The van der Waals surface area contributed by atoms with Gasteiger partial charge in [-0.3, -0.25) is 14.8 Å². The van der Waals surface area contributed by atoms with Crippen LogP contribution in [0.1, 0.15) is 26.3 Å². The van der Waals surface area contributed by atoms with Crippen LogP contribution in [-0.4, -0.2) is 17.0 Å². The van der Waals surface area contributed by atoms with E-state index in [1.807, 2.05) is 18.2 Å². The maximum atomic E-state index is 12.4. The highest BCUT2D eigenvalue weighted by molar-refractivity contribution is 6.30. The monoisotopic (exact) mass is 354 g/mol. The Hall–Kier alpha value is -2.89. The Morgan fingerprint density at radius 3 is 2.20 bits per heavy atom. The molecule has 0 heterocycles. The molecule has 3 N–H and O–H groups in total. The summed E-state index contributed by atoms with van der Waals surface area (Å²) in [5.74, 6) is -0.823. The highest BCUT2D eigenvalue weighted by atomic mass is 35.5. The van der Waals surface area contributed by atoms with Gasteiger partial charge in [-0.1, -0.05) is 35.9 Å². The molecule has 6 heteroatoms. The molecule has 3 rings (SSSR count). The number of benzene rings is 3. The van der Waals surface area contributed by atoms with Crippen molar-refractivity contribution in [3.8, 4) is 0 Å². The Bertz CT molecular complexity index is 956. The number of hydrogen-bond donors (Lipinski definition) is 3. The van der Waals surface area contributed by atoms with Gasteiger partial charge in [-0.25, -0.2) is 5.48 Å². The van der Waals surface area contributed by atoms with Crippen LogP contribution in [0.5, 0.6) is 0 Å². The number of amides is 2. The molecule has 2 amide bonds. The van der Waals surface area contributed by atoms with Gasteiger partial charge in [-0.15, -0.1) is 0 Å². The van der Waals surface area contributed by atoms with Gasteiger partial charge in [-0.2, -0.15) is 0 Å². The fourth-order valence-corrected chi connectivity index (χ4v) is 2.74. The van der Waals surface area contributed by atoms with Crippen molar-refractivity contribution in [2.75, 3.05) is 0 Å². The van der Waals surface area contributed by atoms with E-state index in [0.29, 0.717) is 22.7 Å². The van der Waals surface area contributed by atoms with Gasteiger partial charge in [0.05, 0.1) is 0 Å². The van der Waals surface area contributed by atoms with E-state index in [0.717, 1.165) is 16.3 Å². The summed E-state index contributed by atoms with van der Waals surface area (Å²) < 4.78 is 0. The summed E-state index contributed by atoms with van der Waals surface area (Å²) in [6, 6.07) is 17.5. The molecule has 0 aliphatic heterocycles. The van der Waals surface area contributed by atoms with Crippen molar-refractivity contribution < 1.29 is 14.8 Å². The molecule has 0 saturated carbocycles. The van der Waals surface area contributed by atoms with Crippen LogP contribution in [0.2, 0.25) is 5.02 Å². The standard InChI is InChI=1S/C19H15ClN2O3/c20-17-3-1-2-12(8-17)11-21-18(23)14-6-4-13-5-7-15(19(24)22-25)10-16(13)9-14/h1-10,25H,11H2,(H,21,23)(H,22,24). The molecule has 0 unspecified atom stereocenters. The molecule has 5 nitrogen and oxygen atoms in total. The van der Waals surface area contributed by atoms with Crippen LogP contribution in [0.4, 0.5) is 0 Å². The topological polar surface area (TPSA) is 78.4 Å². The summed E-state index contributed by atoms with van der Waals surface area (Å²) in [4.78, 5) is 23.9. The molecule has 0 fully saturated rings. The first-order chi connectivity index (χ1) is 12.1. The number of hydroxylamine groups is 1. The summed E-state index contributed by atoms with van der Waals surface area (Å²) in [5, 5.41) is 13.8. The molecule has 0 aliphatic rings. The zero-order chi connectivity index (χ0) is 17.8. The number of carbonyl (C=O) groups is 2. The fourth-order valence-electron chi connectivity index (χ4n) is 2.53. The molecule has 0 spiro atoms. The third-order valence-electron chi connectivity index (χ3n) is 3.81. The Balaban J connectivity index is 1.80. The molecule has 3 aromatic rings. The van der Waals surface area contributed by atoms with Gasteiger partial charge in [0, 0.05) is 22.7 Å². The lowest BCUT2D eigenvalue weighted by Gasteiger charge is -2.08. The van der Waals surface area contributed by atoms with Gasteiger partial charge in [0.2, 0.25) is 0 Å². The van der Waals surface area contributed by atoms with Crippen LogP contribution in [0.3, 0.4) is 0 Å². The van der Waals surface area contributed by atoms with Gasteiger partial charge in [0.25, 0.3) is 11.8 Å². The Morgan fingerprint density at radius 1 is 0.880 bits per heavy atom. The highest BCUT2D eigenvalue weighted by Gasteiger charge is 2.09. The van der Waals surface area contributed by atoms with Crippen molar-refractivity contribution in [1.82, 2.24) is 10.8 Å². The zero-order valence-corrected chi connectivity index (χ0v) is 13.9. The molecule has 0 radical (unpaired) electrons. The summed E-state index contributed by atoms with van der Waals surface area (Å²) >= 11 is 5.93. The second-order valence-corrected chi connectivity index (χ2v) is 5.97. The minimum Gasteiger partial charge on any atom is -0.348 e. The van der Waals surface area contributed by atoms with Crippen LogP contribution in [0, 0.1) is 0 Å². The molecular formula is C19H15ClN2O3. The van der Waals surface area contributed by atoms with Crippen molar-refractivity contribution in [3.63, 3.8) is 0 Å². The zero-order valence-electron chi connectivity index (χ0n) is 13.1. The molecule has 25 heavy (non-hydrogen) atoms. The Kier molecular flexibility index (Phi) is 4.97. The third kappa shape index (κ3) is 3.96. The van der Waals surface area contributed by atoms with E-state index in [1.54, 1.807) is 47.9 Å². The normalized spacial score (nSPS) is 10.5. The maximum absolute atomic E-state index is 12.4. The first-order valence-electron chi connectivity index (χ1n) is 7.58. The molecule has 0 aromatic heterocycles. The molecular weight excluding hydrogens is 340 g/mol. The smallest absolute Gasteiger partial charge is 0.274 e. The molecule has 0 bridgehead atoms. The fraction of sp³-hybridized carbons (Fsp3) is 0.0526. The highest BCUT2D eigenvalue weighted by Crippen LogP contribution is 2.18. The van der Waals surface area contributed by atoms with Crippen molar-refractivity contribution in [2.45, 2.75) is 6.54 Å². The van der Waals surface area contributed by atoms with Crippen LogP contribution in [0.25, 0.3) is 10.8 Å². The van der Waals surface area contributed by atoms with Crippen LogP contribution in [-0.2, 0) is 6.54 Å². The molecule has 0 aliphatic carbocycles. The second kappa shape index (κ2) is 7.34. The number of hydrogen-bond acceptors (Lipinski definition) is 3. The lowest BCUT2D eigenvalue weighted by molar-refractivity contribution is 0.0706. The Labute approximate surface area is 149 Å². The van der Waals surface area contributed by atoms with E-state index in [1.165, 1.54) is 0 Å². The lowest BCUT2D eigenvalue weighted by Crippen LogP contribution is -2.22. The Morgan fingerprint density at radius 2 is 1.56 bits per heavy atom. The first-order valence-corrected chi connectivity index (χ1v) is 7.95. The largest absolute Gasteiger partial charge is 0.348 e. The van der Waals surface area contributed by atoms with Crippen LogP contribution in [0.15, 0.2) is 60.7 Å². The quantitative estimate of drug-likeness (QED) is 0.495. The number of carbonyl (C=O) groups excluding carboxylic acids is 2. The van der Waals surface area contributed by atoms with Crippen molar-refractivity contribution >= 4 is 34.2 Å². The third-order valence-corrected chi connectivity index (χ3v) is 4.04. The van der Waals surface area contributed by atoms with Crippen molar-refractivity contribution in [1.29, 1.82) is 0 Å². The molecule has 0 atom stereocenters. The average Bonchev–Trinajstić information content (AvgIpc) is 2.64. The maximum Gasteiger partial charge on any atom is 0.274 e. The van der Waals surface area contributed by atoms with Gasteiger partial charge in [0.1, 0.15) is 0 Å². The van der Waals surface area contributed by atoms with Gasteiger partial charge in [0.15, 0.2) is 0 Å². The summed E-state index contributed by atoms with van der Waals surface area (Å²) in [6.07, 6.45) is 0. The lowest BCUT2D eigenvalue weighted by atomic mass is 10.0. The summed E-state index contributed by atoms with van der Waals surface area (Å²) in [7, 11) is 0. The predicted octanol–water partition coefficient (Wildman–Crippen LogP) is 3.54. The molecule has 3 aromatic carbocycles. The predicted molar refractivity (Wildman–Crippen MR) is 95.8 cm³/mol. The first kappa shape index (κ1) is 17.0. The van der Waals surface area contributed by atoms with Crippen molar-refractivity contribution in [3.05, 3.63) is 82.4 Å². The summed E-state index contributed by atoms with van der Waals surface area (Å²) in [6.45, 7) is 0.365. The minimum absolute atomic E-state index is 0.223. The minimum atomic E-state index is -0.599. The van der Waals surface area contributed by atoms with Crippen LogP contribution >= 0.6 is 11.6 Å². The van der Waals surface area contributed by atoms with E-state index < -0.39 is 5.91 Å². The number of nitrogens with one attached hydrogen (secondary N) is 2. The second-order valence-electron chi connectivity index (χ2n) is 5.53. The van der Waals surface area contributed by atoms with Crippen molar-refractivity contribution in [2.24, 2.45) is 0 Å². The van der Waals surface area contributed by atoms with Crippen LogP contribution < -0.4 is 10.8 Å². The number of rotatable bonds is 4. The number of halogens is 1. The molecule has 126 valence electrons. The van der Waals surface area contributed by atoms with E-state index >= 15 is 0 Å². The van der Waals surface area contributed by atoms with E-state index in [2.05, 4.69) is 5.32 Å². The SMILES string of the molecule is O=C(NO)c1ccc2ccc(C(=O)NCc3cccc(Cl)c3)cc2c1. The average molecular weight is 355 g/mol. The number of fused-ring (bicyclic) bond motifs is 1. The van der Waals surface area contributed by atoms with E-state index in [4.69, 9.17) is 16.8 Å². The van der Waals surface area contributed by atoms with Gasteiger partial charge < -0.3 is 5.32 Å². The van der Waals surface area contributed by atoms with Gasteiger partial charge >= 0.3 is 0 Å². The molecule has 0 saturated heterocycles. The summed E-state index contributed by atoms with van der Waals surface area (Å²) in [5.41, 5.74) is 3.30.